The zero-order valence-corrected chi connectivity index (χ0v) is 15.2. The van der Waals surface area contributed by atoms with Gasteiger partial charge in [-0.15, -0.1) is 0 Å². The second-order valence-corrected chi connectivity index (χ2v) is 8.07. The van der Waals surface area contributed by atoms with Crippen LogP contribution in [0.4, 0.5) is 0 Å². The molecule has 1 aromatic heterocycles. The van der Waals surface area contributed by atoms with Crippen LogP contribution in [0.1, 0.15) is 51.1 Å². The van der Waals surface area contributed by atoms with Gasteiger partial charge in [-0.3, -0.25) is 4.79 Å². The van der Waals surface area contributed by atoms with Crippen LogP contribution in [0, 0.1) is 0 Å². The summed E-state index contributed by atoms with van der Waals surface area (Å²) in [6, 6.07) is -0.313. The number of ether oxygens (including phenoxy) is 1. The van der Waals surface area contributed by atoms with Crippen molar-refractivity contribution in [2.75, 3.05) is 18.1 Å². The Morgan fingerprint density at radius 1 is 1.39 bits per heavy atom. The van der Waals surface area contributed by atoms with Crippen LogP contribution in [0.2, 0.25) is 0 Å². The monoisotopic (exact) mass is 339 g/mol. The molecule has 0 radical (unpaired) electrons. The molecule has 0 unspecified atom stereocenters. The molecule has 6 nitrogen and oxygen atoms in total. The number of carbonyl (C=O) groups is 2. The molecule has 1 aliphatic heterocycles. The van der Waals surface area contributed by atoms with E-state index in [9.17, 15) is 9.59 Å². The molecule has 2 heterocycles. The van der Waals surface area contributed by atoms with E-state index in [1.807, 2.05) is 39.2 Å². The molecule has 1 amide bonds. The summed E-state index contributed by atoms with van der Waals surface area (Å²) in [7, 11) is 0. The molecule has 1 aromatic rings. The summed E-state index contributed by atoms with van der Waals surface area (Å²) in [5.41, 5.74) is -0.188. The summed E-state index contributed by atoms with van der Waals surface area (Å²) < 4.78 is 7.35. The summed E-state index contributed by atoms with van der Waals surface area (Å²) in [4.78, 5) is 31.0. The first-order chi connectivity index (χ1) is 10.7. The quantitative estimate of drug-likeness (QED) is 0.791. The summed E-state index contributed by atoms with van der Waals surface area (Å²) >= 11 is 1.66. The lowest BCUT2D eigenvalue weighted by Gasteiger charge is -2.35. The summed E-state index contributed by atoms with van der Waals surface area (Å²) in [5, 5.41) is 0. The Hall–Kier alpha value is -1.50. The van der Waals surface area contributed by atoms with Gasteiger partial charge in [-0.2, -0.15) is 11.8 Å². The Morgan fingerprint density at radius 3 is 2.65 bits per heavy atom. The number of esters is 1. The second-order valence-electron chi connectivity index (χ2n) is 6.92. The maximum atomic E-state index is 12.7. The minimum atomic E-state index is -0.562. The molecule has 0 spiro atoms. The molecule has 1 fully saturated rings. The first-order valence-corrected chi connectivity index (χ1v) is 8.99. The van der Waals surface area contributed by atoms with E-state index >= 15 is 0 Å². The fourth-order valence-corrected chi connectivity index (χ4v) is 3.32. The maximum Gasteiger partial charge on any atom is 0.330 e. The maximum absolute atomic E-state index is 12.7. The Balaban J connectivity index is 2.16. The van der Waals surface area contributed by atoms with E-state index in [-0.39, 0.29) is 17.9 Å². The minimum absolute atomic E-state index is 0.208. The normalized spacial score (nSPS) is 19.0. The molecule has 2 rings (SSSR count). The standard InChI is InChI=1S/C16H25N3O3S/c1-11(2)18-8-12(17-10-18)14(20)19-6-7-23-9-13(19)15(21)22-16(3,4)5/h8,10-11,13H,6-7,9H2,1-5H3/t13-/m0/s1. The summed E-state index contributed by atoms with van der Waals surface area (Å²) in [6.45, 7) is 10.1. The molecular weight excluding hydrogens is 314 g/mol. The van der Waals surface area contributed by atoms with Crippen LogP contribution >= 0.6 is 11.8 Å². The topological polar surface area (TPSA) is 64.4 Å². The third kappa shape index (κ3) is 4.50. The van der Waals surface area contributed by atoms with Gasteiger partial charge in [0, 0.05) is 30.3 Å². The van der Waals surface area contributed by atoms with Gasteiger partial charge < -0.3 is 14.2 Å². The molecule has 1 atom stereocenters. The van der Waals surface area contributed by atoms with Crippen LogP contribution in [0.5, 0.6) is 0 Å². The van der Waals surface area contributed by atoms with E-state index in [0.29, 0.717) is 18.0 Å². The van der Waals surface area contributed by atoms with Crippen LogP contribution in [0.15, 0.2) is 12.5 Å². The molecule has 128 valence electrons. The van der Waals surface area contributed by atoms with Crippen LogP contribution in [0.25, 0.3) is 0 Å². The minimum Gasteiger partial charge on any atom is -0.458 e. The van der Waals surface area contributed by atoms with E-state index < -0.39 is 11.6 Å². The highest BCUT2D eigenvalue weighted by Crippen LogP contribution is 2.22. The van der Waals surface area contributed by atoms with Gasteiger partial charge in [0.15, 0.2) is 0 Å². The van der Waals surface area contributed by atoms with Crippen molar-refractivity contribution in [1.29, 1.82) is 0 Å². The Morgan fingerprint density at radius 2 is 2.09 bits per heavy atom. The van der Waals surface area contributed by atoms with Gasteiger partial charge in [-0.25, -0.2) is 9.78 Å². The van der Waals surface area contributed by atoms with E-state index in [2.05, 4.69) is 4.98 Å². The molecule has 0 saturated carbocycles. The fraction of sp³-hybridized carbons (Fsp3) is 0.688. The molecule has 0 aliphatic carbocycles. The van der Waals surface area contributed by atoms with Gasteiger partial charge in [0.05, 0.1) is 6.33 Å². The molecule has 1 saturated heterocycles. The van der Waals surface area contributed by atoms with E-state index in [0.717, 1.165) is 5.75 Å². The average molecular weight is 339 g/mol. The first-order valence-electron chi connectivity index (χ1n) is 7.84. The van der Waals surface area contributed by atoms with Crippen LogP contribution in [-0.4, -0.2) is 56.0 Å². The Bertz CT molecular complexity index is 577. The second kappa shape index (κ2) is 6.95. The van der Waals surface area contributed by atoms with Gasteiger partial charge in [-0.1, -0.05) is 0 Å². The predicted molar refractivity (Wildman–Crippen MR) is 90.6 cm³/mol. The van der Waals surface area contributed by atoms with Crippen LogP contribution in [0.3, 0.4) is 0 Å². The van der Waals surface area contributed by atoms with E-state index in [1.165, 1.54) is 0 Å². The lowest BCUT2D eigenvalue weighted by atomic mass is 10.2. The van der Waals surface area contributed by atoms with Crippen LogP contribution < -0.4 is 0 Å². The van der Waals surface area contributed by atoms with Crippen molar-refractivity contribution in [2.24, 2.45) is 0 Å². The van der Waals surface area contributed by atoms with Crippen molar-refractivity contribution < 1.29 is 14.3 Å². The zero-order chi connectivity index (χ0) is 17.2. The van der Waals surface area contributed by atoms with Gasteiger partial charge in [-0.05, 0) is 34.6 Å². The lowest BCUT2D eigenvalue weighted by molar-refractivity contribution is -0.159. The zero-order valence-electron chi connectivity index (χ0n) is 14.4. The molecular formula is C16H25N3O3S. The number of hydrogen-bond acceptors (Lipinski definition) is 5. The number of imidazole rings is 1. The fourth-order valence-electron chi connectivity index (χ4n) is 2.29. The highest BCUT2D eigenvalue weighted by Gasteiger charge is 2.36. The molecule has 7 heteroatoms. The number of carbonyl (C=O) groups excluding carboxylic acids is 2. The predicted octanol–water partition coefficient (Wildman–Crippen LogP) is 2.36. The lowest BCUT2D eigenvalue weighted by Crippen LogP contribution is -2.52. The molecule has 1 aliphatic rings. The highest BCUT2D eigenvalue weighted by molar-refractivity contribution is 7.99. The van der Waals surface area contributed by atoms with Crippen LogP contribution in [-0.2, 0) is 9.53 Å². The van der Waals surface area contributed by atoms with E-state index in [1.54, 1.807) is 29.2 Å². The number of nitrogens with zero attached hydrogens (tertiary/aromatic N) is 3. The summed E-state index contributed by atoms with van der Waals surface area (Å²) in [6.07, 6.45) is 3.39. The molecule has 0 N–H and O–H groups in total. The van der Waals surface area contributed by atoms with Gasteiger partial charge in [0.1, 0.15) is 17.3 Å². The number of hydrogen-bond donors (Lipinski definition) is 0. The SMILES string of the molecule is CC(C)n1cnc(C(=O)N2CCSC[C@H]2C(=O)OC(C)(C)C)c1. The first kappa shape index (κ1) is 17.8. The van der Waals surface area contributed by atoms with Gasteiger partial charge in [0.2, 0.25) is 0 Å². The summed E-state index contributed by atoms with van der Waals surface area (Å²) in [5.74, 6) is 0.823. The Labute approximate surface area is 141 Å². The van der Waals surface area contributed by atoms with Gasteiger partial charge in [0.25, 0.3) is 5.91 Å². The third-order valence-corrected chi connectivity index (χ3v) is 4.51. The number of aromatic nitrogens is 2. The molecule has 0 bridgehead atoms. The molecule has 0 aromatic carbocycles. The largest absolute Gasteiger partial charge is 0.458 e. The smallest absolute Gasteiger partial charge is 0.330 e. The van der Waals surface area contributed by atoms with Crippen molar-refractivity contribution in [2.45, 2.75) is 52.3 Å². The van der Waals surface area contributed by atoms with Gasteiger partial charge >= 0.3 is 5.97 Å². The van der Waals surface area contributed by atoms with Crippen molar-refractivity contribution in [3.05, 3.63) is 18.2 Å². The third-order valence-electron chi connectivity index (χ3n) is 3.49. The van der Waals surface area contributed by atoms with Crippen molar-refractivity contribution in [3.8, 4) is 0 Å². The number of thioether (sulfide) groups is 1. The Kier molecular flexibility index (Phi) is 5.39. The molecule has 23 heavy (non-hydrogen) atoms. The average Bonchev–Trinajstić information content (AvgIpc) is 2.94. The van der Waals surface area contributed by atoms with Crippen molar-refractivity contribution in [1.82, 2.24) is 14.5 Å². The van der Waals surface area contributed by atoms with Crippen molar-refractivity contribution >= 4 is 23.6 Å². The number of rotatable bonds is 3. The van der Waals surface area contributed by atoms with Crippen molar-refractivity contribution in [3.63, 3.8) is 0 Å². The van der Waals surface area contributed by atoms with E-state index in [4.69, 9.17) is 4.74 Å². The highest BCUT2D eigenvalue weighted by atomic mass is 32.2. The number of amides is 1.